The van der Waals surface area contributed by atoms with E-state index < -0.39 is 10.7 Å². The molecule has 0 aliphatic rings. The summed E-state index contributed by atoms with van der Waals surface area (Å²) in [6.45, 7) is 0.332. The second kappa shape index (κ2) is 4.48. The Morgan fingerprint density at radius 2 is 2.46 bits per heavy atom. The normalized spacial score (nSPS) is 10.5. The van der Waals surface area contributed by atoms with Crippen LogP contribution < -0.4 is 5.32 Å². The highest BCUT2D eigenvalue weighted by Gasteiger charge is 2.11. The van der Waals surface area contributed by atoms with Gasteiger partial charge in [-0.3, -0.25) is 4.79 Å². The number of halogens is 2. The van der Waals surface area contributed by atoms with Crippen LogP contribution in [0.5, 0.6) is 0 Å². The first kappa shape index (κ1) is 10.3. The molecule has 0 radical (unpaired) electrons. The Balaban J connectivity index is 2.44. The highest BCUT2D eigenvalue weighted by Crippen LogP contribution is 2.01. The molecular weight excluding hydrogens is 213 g/mol. The van der Waals surface area contributed by atoms with Crippen molar-refractivity contribution < 1.29 is 4.79 Å². The fraction of sp³-hybridized carbons (Fsp3) is 0.429. The van der Waals surface area contributed by atoms with Crippen molar-refractivity contribution >= 4 is 29.1 Å². The lowest BCUT2D eigenvalue weighted by molar-refractivity contribution is -0.119. The van der Waals surface area contributed by atoms with Crippen molar-refractivity contribution in [1.29, 1.82) is 0 Å². The summed E-state index contributed by atoms with van der Waals surface area (Å²) in [4.78, 5) is 13.9. The number of amides is 1. The van der Waals surface area contributed by atoms with Crippen molar-refractivity contribution in [3.63, 3.8) is 0 Å². The smallest absolute Gasteiger partial charge is 0.253 e. The van der Waals surface area contributed by atoms with Crippen LogP contribution in [0.3, 0.4) is 0 Å². The molecule has 0 aliphatic heterocycles. The summed E-state index contributed by atoms with van der Waals surface area (Å²) in [5, 5.41) is 2.54. The molecule has 0 unspecified atom stereocenters. The Morgan fingerprint density at radius 1 is 1.77 bits per heavy atom. The first-order valence-corrected chi connectivity index (χ1v) is 4.50. The standard InChI is InChI=1S/C7H9Cl2N3O/c1-12-3-2-10-5(12)4-11-7(13)6(8)9/h2-3,6H,4H2,1H3,(H,11,13). The molecule has 13 heavy (non-hydrogen) atoms. The van der Waals surface area contributed by atoms with Crippen LogP contribution in [0.1, 0.15) is 5.82 Å². The predicted molar refractivity (Wildman–Crippen MR) is 50.5 cm³/mol. The summed E-state index contributed by atoms with van der Waals surface area (Å²) < 4.78 is 1.80. The Morgan fingerprint density at radius 3 is 2.92 bits per heavy atom. The topological polar surface area (TPSA) is 46.9 Å². The van der Waals surface area contributed by atoms with Gasteiger partial charge in [-0.2, -0.15) is 0 Å². The summed E-state index contributed by atoms with van der Waals surface area (Å²) in [6, 6.07) is 0. The molecule has 1 amide bonds. The molecule has 0 aromatic carbocycles. The van der Waals surface area contributed by atoms with E-state index in [1.807, 2.05) is 7.05 Å². The molecule has 72 valence electrons. The van der Waals surface area contributed by atoms with Gasteiger partial charge in [0.05, 0.1) is 6.54 Å². The van der Waals surface area contributed by atoms with E-state index in [0.29, 0.717) is 6.54 Å². The Bertz CT molecular complexity index is 298. The fourth-order valence-corrected chi connectivity index (χ4v) is 0.964. The van der Waals surface area contributed by atoms with Gasteiger partial charge in [0, 0.05) is 19.4 Å². The van der Waals surface area contributed by atoms with Crippen molar-refractivity contribution in [3.8, 4) is 0 Å². The molecule has 4 nitrogen and oxygen atoms in total. The second-order valence-electron chi connectivity index (χ2n) is 2.47. The number of rotatable bonds is 3. The van der Waals surface area contributed by atoms with Crippen molar-refractivity contribution in [1.82, 2.24) is 14.9 Å². The largest absolute Gasteiger partial charge is 0.347 e. The molecule has 6 heteroatoms. The molecule has 1 aromatic rings. The molecule has 1 N–H and O–H groups in total. The van der Waals surface area contributed by atoms with Gasteiger partial charge in [0.1, 0.15) is 5.82 Å². The lowest BCUT2D eigenvalue weighted by Crippen LogP contribution is -2.28. The molecular formula is C7H9Cl2N3O. The number of carbonyl (C=O) groups excluding carboxylic acids is 1. The number of aryl methyl sites for hydroxylation is 1. The first-order valence-electron chi connectivity index (χ1n) is 3.63. The van der Waals surface area contributed by atoms with E-state index in [1.165, 1.54) is 0 Å². The zero-order chi connectivity index (χ0) is 9.84. The van der Waals surface area contributed by atoms with Gasteiger partial charge in [-0.05, 0) is 0 Å². The quantitative estimate of drug-likeness (QED) is 0.770. The van der Waals surface area contributed by atoms with Gasteiger partial charge in [0.25, 0.3) is 5.91 Å². The van der Waals surface area contributed by atoms with E-state index in [-0.39, 0.29) is 0 Å². The number of nitrogens with one attached hydrogen (secondary N) is 1. The summed E-state index contributed by atoms with van der Waals surface area (Å²) in [5.74, 6) is 0.341. The van der Waals surface area contributed by atoms with E-state index in [9.17, 15) is 4.79 Å². The third-order valence-electron chi connectivity index (χ3n) is 1.54. The van der Waals surface area contributed by atoms with Crippen molar-refractivity contribution in [3.05, 3.63) is 18.2 Å². The molecule has 0 saturated carbocycles. The van der Waals surface area contributed by atoms with Crippen LogP contribution in [0.15, 0.2) is 12.4 Å². The lowest BCUT2D eigenvalue weighted by atomic mass is 10.5. The monoisotopic (exact) mass is 221 g/mol. The number of carbonyl (C=O) groups is 1. The number of aromatic nitrogens is 2. The average Bonchev–Trinajstić information content (AvgIpc) is 2.47. The Kier molecular flexibility index (Phi) is 3.57. The SMILES string of the molecule is Cn1ccnc1CNC(=O)C(Cl)Cl. The zero-order valence-corrected chi connectivity index (χ0v) is 8.51. The van der Waals surface area contributed by atoms with Crippen molar-refractivity contribution in [2.45, 2.75) is 11.4 Å². The minimum atomic E-state index is -1.03. The van der Waals surface area contributed by atoms with E-state index >= 15 is 0 Å². The highest BCUT2D eigenvalue weighted by atomic mass is 35.5. The number of hydrogen-bond donors (Lipinski definition) is 1. The number of imidazole rings is 1. The highest BCUT2D eigenvalue weighted by molar-refractivity contribution is 6.53. The number of nitrogens with zero attached hydrogens (tertiary/aromatic N) is 2. The van der Waals surface area contributed by atoms with Crippen LogP contribution in [0.25, 0.3) is 0 Å². The van der Waals surface area contributed by atoms with Crippen LogP contribution in [-0.2, 0) is 18.4 Å². The summed E-state index contributed by atoms with van der Waals surface area (Å²) in [6.07, 6.45) is 3.45. The zero-order valence-electron chi connectivity index (χ0n) is 7.00. The predicted octanol–water partition coefficient (Wildman–Crippen LogP) is 0.840. The maximum atomic E-state index is 10.9. The van der Waals surface area contributed by atoms with Gasteiger partial charge in [-0.15, -0.1) is 0 Å². The van der Waals surface area contributed by atoms with Crippen LogP contribution in [0.4, 0.5) is 0 Å². The molecule has 0 spiro atoms. The molecule has 0 aliphatic carbocycles. The summed E-state index contributed by atoms with van der Waals surface area (Å²) in [7, 11) is 1.84. The third kappa shape index (κ3) is 2.90. The van der Waals surface area contributed by atoms with Gasteiger partial charge >= 0.3 is 0 Å². The van der Waals surface area contributed by atoms with Gasteiger partial charge in [0.2, 0.25) is 0 Å². The van der Waals surface area contributed by atoms with Gasteiger partial charge in [0.15, 0.2) is 4.84 Å². The Labute approximate surface area is 85.8 Å². The van der Waals surface area contributed by atoms with Gasteiger partial charge in [-0.1, -0.05) is 23.2 Å². The van der Waals surface area contributed by atoms with Crippen LogP contribution in [0.2, 0.25) is 0 Å². The maximum Gasteiger partial charge on any atom is 0.253 e. The minimum absolute atomic E-state index is 0.332. The third-order valence-corrected chi connectivity index (χ3v) is 1.94. The molecule has 1 heterocycles. The molecule has 0 fully saturated rings. The lowest BCUT2D eigenvalue weighted by Gasteiger charge is -2.04. The van der Waals surface area contributed by atoms with E-state index in [1.54, 1.807) is 17.0 Å². The minimum Gasteiger partial charge on any atom is -0.347 e. The van der Waals surface area contributed by atoms with Crippen molar-refractivity contribution in [2.24, 2.45) is 7.05 Å². The molecule has 0 bridgehead atoms. The van der Waals surface area contributed by atoms with Crippen LogP contribution in [-0.4, -0.2) is 20.3 Å². The fourth-order valence-electron chi connectivity index (χ4n) is 0.810. The molecule has 1 rings (SSSR count). The molecule has 1 aromatic heterocycles. The number of hydrogen-bond acceptors (Lipinski definition) is 2. The van der Waals surface area contributed by atoms with E-state index in [4.69, 9.17) is 23.2 Å². The van der Waals surface area contributed by atoms with Gasteiger partial charge in [-0.25, -0.2) is 4.98 Å². The number of alkyl halides is 2. The summed E-state index contributed by atoms with van der Waals surface area (Å²) in [5.41, 5.74) is 0. The molecule has 0 atom stereocenters. The summed E-state index contributed by atoms with van der Waals surface area (Å²) >= 11 is 10.7. The van der Waals surface area contributed by atoms with Crippen LogP contribution >= 0.6 is 23.2 Å². The van der Waals surface area contributed by atoms with E-state index in [2.05, 4.69) is 10.3 Å². The average molecular weight is 222 g/mol. The maximum absolute atomic E-state index is 10.9. The van der Waals surface area contributed by atoms with E-state index in [0.717, 1.165) is 5.82 Å². The Hall–Kier alpha value is -0.740. The second-order valence-corrected chi connectivity index (χ2v) is 3.57. The van der Waals surface area contributed by atoms with Gasteiger partial charge < -0.3 is 9.88 Å². The van der Waals surface area contributed by atoms with Crippen LogP contribution in [0, 0.1) is 0 Å². The first-order chi connectivity index (χ1) is 6.11. The van der Waals surface area contributed by atoms with Crippen molar-refractivity contribution in [2.75, 3.05) is 0 Å². The molecule has 0 saturated heterocycles.